The molecule has 0 aromatic heterocycles. The summed E-state index contributed by atoms with van der Waals surface area (Å²) in [5.74, 6) is -0.664. The molecule has 1 unspecified atom stereocenters. The highest BCUT2D eigenvalue weighted by atomic mass is 35.5. The molecule has 104 valence electrons. The van der Waals surface area contributed by atoms with Crippen molar-refractivity contribution < 1.29 is 14.3 Å². The quantitative estimate of drug-likeness (QED) is 0.842. The third-order valence-corrected chi connectivity index (χ3v) is 3.14. The summed E-state index contributed by atoms with van der Waals surface area (Å²) >= 11 is 6.00. The molecule has 1 amide bonds. The van der Waals surface area contributed by atoms with E-state index in [1.807, 2.05) is 13.8 Å². The third kappa shape index (κ3) is 4.24. The highest BCUT2D eigenvalue weighted by Crippen LogP contribution is 2.24. The van der Waals surface area contributed by atoms with Crippen LogP contribution in [0, 0.1) is 5.92 Å². The molecule has 0 aliphatic rings. The van der Waals surface area contributed by atoms with Crippen molar-refractivity contribution in [1.29, 1.82) is 0 Å². The average molecular weight is 284 g/mol. The lowest BCUT2D eigenvalue weighted by Gasteiger charge is -2.13. The first kappa shape index (κ1) is 15.5. The van der Waals surface area contributed by atoms with Crippen molar-refractivity contribution in [2.45, 2.75) is 26.7 Å². The number of esters is 1. The number of carbonyl (C=O) groups excluding carboxylic acids is 2. The van der Waals surface area contributed by atoms with Gasteiger partial charge in [0.25, 0.3) is 0 Å². The number of nitrogens with one attached hydrogen (secondary N) is 1. The van der Waals surface area contributed by atoms with Crippen LogP contribution in [0.4, 0.5) is 5.69 Å². The minimum atomic E-state index is -0.464. The fraction of sp³-hybridized carbons (Fsp3) is 0.429. The third-order valence-electron chi connectivity index (χ3n) is 2.81. The molecule has 0 saturated carbocycles. The van der Waals surface area contributed by atoms with Crippen molar-refractivity contribution in [2.75, 3.05) is 12.4 Å². The number of anilines is 1. The summed E-state index contributed by atoms with van der Waals surface area (Å²) in [6.45, 7) is 3.88. The zero-order valence-electron chi connectivity index (χ0n) is 11.3. The number of methoxy groups -OCH3 is 1. The van der Waals surface area contributed by atoms with E-state index in [1.165, 1.54) is 13.2 Å². The largest absolute Gasteiger partial charge is 0.465 e. The number of rotatable bonds is 5. The second-order valence-electron chi connectivity index (χ2n) is 4.37. The predicted octanol–water partition coefficient (Wildman–Crippen LogP) is 3.50. The lowest BCUT2D eigenvalue weighted by Crippen LogP contribution is -2.20. The van der Waals surface area contributed by atoms with Crippen LogP contribution in [0.25, 0.3) is 0 Å². The van der Waals surface area contributed by atoms with Crippen molar-refractivity contribution in [3.05, 3.63) is 28.8 Å². The Morgan fingerprint density at radius 3 is 2.68 bits per heavy atom. The number of benzene rings is 1. The van der Waals surface area contributed by atoms with Crippen molar-refractivity contribution in [3.63, 3.8) is 0 Å². The van der Waals surface area contributed by atoms with Gasteiger partial charge in [0.2, 0.25) is 5.91 Å². The molecular formula is C14H18ClNO3. The van der Waals surface area contributed by atoms with Gasteiger partial charge in [-0.2, -0.15) is 0 Å². The number of carbonyl (C=O) groups is 2. The Kier molecular flexibility index (Phi) is 5.83. The molecule has 1 aromatic carbocycles. The van der Waals surface area contributed by atoms with Crippen LogP contribution in [-0.4, -0.2) is 19.0 Å². The highest BCUT2D eigenvalue weighted by molar-refractivity contribution is 6.33. The van der Waals surface area contributed by atoms with Crippen LogP contribution < -0.4 is 5.32 Å². The van der Waals surface area contributed by atoms with E-state index in [0.29, 0.717) is 16.3 Å². The molecule has 0 heterocycles. The molecule has 0 spiro atoms. The van der Waals surface area contributed by atoms with Gasteiger partial charge < -0.3 is 10.1 Å². The maximum Gasteiger partial charge on any atom is 0.337 e. The number of hydrogen-bond donors (Lipinski definition) is 1. The van der Waals surface area contributed by atoms with Gasteiger partial charge in [0, 0.05) is 5.92 Å². The number of ether oxygens (including phenoxy) is 1. The SMILES string of the molecule is CCCC(C)C(=O)Nc1cc(C(=O)OC)ccc1Cl. The molecule has 0 bridgehead atoms. The van der Waals surface area contributed by atoms with E-state index in [9.17, 15) is 9.59 Å². The molecule has 4 nitrogen and oxygen atoms in total. The Balaban J connectivity index is 2.88. The minimum Gasteiger partial charge on any atom is -0.465 e. The molecule has 0 radical (unpaired) electrons. The molecule has 0 fully saturated rings. The van der Waals surface area contributed by atoms with Crippen LogP contribution in [0.2, 0.25) is 5.02 Å². The van der Waals surface area contributed by atoms with E-state index in [2.05, 4.69) is 10.1 Å². The standard InChI is InChI=1S/C14H18ClNO3/c1-4-5-9(2)13(17)16-12-8-10(14(18)19-3)6-7-11(12)15/h6-9H,4-5H2,1-3H3,(H,16,17). The van der Waals surface area contributed by atoms with Crippen molar-refractivity contribution in [2.24, 2.45) is 5.92 Å². The first-order chi connectivity index (χ1) is 8.99. The molecule has 0 aliphatic heterocycles. The minimum absolute atomic E-state index is 0.0946. The molecule has 0 aliphatic carbocycles. The summed E-state index contributed by atoms with van der Waals surface area (Å²) in [4.78, 5) is 23.3. The van der Waals surface area contributed by atoms with Gasteiger partial charge >= 0.3 is 5.97 Å². The zero-order valence-corrected chi connectivity index (χ0v) is 12.1. The first-order valence-electron chi connectivity index (χ1n) is 6.18. The Morgan fingerprint density at radius 1 is 1.42 bits per heavy atom. The molecule has 1 atom stereocenters. The molecule has 1 rings (SSSR count). The van der Waals surface area contributed by atoms with Gasteiger partial charge in [0.15, 0.2) is 0 Å². The van der Waals surface area contributed by atoms with Crippen LogP contribution in [0.5, 0.6) is 0 Å². The normalized spacial score (nSPS) is 11.8. The van der Waals surface area contributed by atoms with Crippen LogP contribution in [0.1, 0.15) is 37.0 Å². The Morgan fingerprint density at radius 2 is 2.11 bits per heavy atom. The van der Waals surface area contributed by atoms with Gasteiger partial charge in [-0.05, 0) is 24.6 Å². The maximum atomic E-state index is 11.9. The van der Waals surface area contributed by atoms with Crippen LogP contribution >= 0.6 is 11.6 Å². The van der Waals surface area contributed by atoms with E-state index < -0.39 is 5.97 Å². The van der Waals surface area contributed by atoms with E-state index in [1.54, 1.807) is 12.1 Å². The van der Waals surface area contributed by atoms with Crippen LogP contribution in [-0.2, 0) is 9.53 Å². The van der Waals surface area contributed by atoms with E-state index >= 15 is 0 Å². The molecule has 0 saturated heterocycles. The van der Waals surface area contributed by atoms with Gasteiger partial charge in [-0.25, -0.2) is 4.79 Å². The highest BCUT2D eigenvalue weighted by Gasteiger charge is 2.15. The number of halogens is 1. The summed E-state index contributed by atoms with van der Waals surface area (Å²) in [7, 11) is 1.30. The van der Waals surface area contributed by atoms with Crippen LogP contribution in [0.15, 0.2) is 18.2 Å². The summed E-state index contributed by atoms with van der Waals surface area (Å²) < 4.78 is 4.63. The summed E-state index contributed by atoms with van der Waals surface area (Å²) in [6, 6.07) is 4.64. The van der Waals surface area contributed by atoms with Gasteiger partial charge in [0.05, 0.1) is 23.4 Å². The van der Waals surface area contributed by atoms with Gasteiger partial charge in [-0.15, -0.1) is 0 Å². The van der Waals surface area contributed by atoms with Crippen molar-refractivity contribution >= 4 is 29.2 Å². The molecule has 5 heteroatoms. The van der Waals surface area contributed by atoms with Crippen molar-refractivity contribution in [1.82, 2.24) is 0 Å². The van der Waals surface area contributed by atoms with E-state index in [0.717, 1.165) is 12.8 Å². The lowest BCUT2D eigenvalue weighted by atomic mass is 10.1. The monoisotopic (exact) mass is 283 g/mol. The second-order valence-corrected chi connectivity index (χ2v) is 4.77. The molecule has 1 N–H and O–H groups in total. The lowest BCUT2D eigenvalue weighted by molar-refractivity contribution is -0.119. The van der Waals surface area contributed by atoms with Crippen molar-refractivity contribution in [3.8, 4) is 0 Å². The maximum absolute atomic E-state index is 11.9. The first-order valence-corrected chi connectivity index (χ1v) is 6.56. The fourth-order valence-corrected chi connectivity index (χ4v) is 1.85. The van der Waals surface area contributed by atoms with Crippen LogP contribution in [0.3, 0.4) is 0 Å². The Hall–Kier alpha value is -1.55. The second kappa shape index (κ2) is 7.14. The van der Waals surface area contributed by atoms with E-state index in [-0.39, 0.29) is 11.8 Å². The Bertz CT molecular complexity index is 474. The zero-order chi connectivity index (χ0) is 14.4. The number of amides is 1. The van der Waals surface area contributed by atoms with Gasteiger partial charge in [0.1, 0.15) is 0 Å². The van der Waals surface area contributed by atoms with E-state index in [4.69, 9.17) is 11.6 Å². The smallest absolute Gasteiger partial charge is 0.337 e. The summed E-state index contributed by atoms with van der Waals surface area (Å²) in [5.41, 5.74) is 0.780. The van der Waals surface area contributed by atoms with Gasteiger partial charge in [-0.1, -0.05) is 31.9 Å². The fourth-order valence-electron chi connectivity index (χ4n) is 1.69. The van der Waals surface area contributed by atoms with Gasteiger partial charge in [-0.3, -0.25) is 4.79 Å². The Labute approximate surface area is 118 Å². The molecule has 1 aromatic rings. The predicted molar refractivity (Wildman–Crippen MR) is 75.5 cm³/mol. The topological polar surface area (TPSA) is 55.4 Å². The summed E-state index contributed by atoms with van der Waals surface area (Å²) in [5, 5.41) is 3.13. The average Bonchev–Trinajstić information content (AvgIpc) is 2.40. The number of hydrogen-bond acceptors (Lipinski definition) is 3. The molecule has 19 heavy (non-hydrogen) atoms. The molecular weight excluding hydrogens is 266 g/mol. The summed E-state index contributed by atoms with van der Waals surface area (Å²) in [6.07, 6.45) is 1.74.